The van der Waals surface area contributed by atoms with E-state index >= 15 is 0 Å². The van der Waals surface area contributed by atoms with E-state index in [-0.39, 0.29) is 12.4 Å². The first-order valence-corrected chi connectivity index (χ1v) is 5.15. The molecule has 1 N–H and O–H groups in total. The van der Waals surface area contributed by atoms with Gasteiger partial charge in [0.05, 0.1) is 5.69 Å². The van der Waals surface area contributed by atoms with E-state index in [0.29, 0.717) is 12.2 Å². The average molecular weight is 267 g/mol. The van der Waals surface area contributed by atoms with Gasteiger partial charge in [-0.2, -0.15) is 8.78 Å². The molecule has 0 radical (unpaired) electrons. The lowest BCUT2D eigenvalue weighted by molar-refractivity contribution is -0.168. The maximum atomic E-state index is 12.5. The van der Waals surface area contributed by atoms with Gasteiger partial charge < -0.3 is 10.1 Å². The molecule has 0 aliphatic heterocycles. The summed E-state index contributed by atoms with van der Waals surface area (Å²) >= 11 is 0. The fourth-order valence-electron chi connectivity index (χ4n) is 1.13. The van der Waals surface area contributed by atoms with Crippen LogP contribution in [0, 0.1) is 0 Å². The third kappa shape index (κ3) is 4.53. The molecule has 0 aromatic carbocycles. The van der Waals surface area contributed by atoms with Crippen LogP contribution in [0.5, 0.6) is 0 Å². The molecule has 18 heavy (non-hydrogen) atoms. The van der Waals surface area contributed by atoms with Crippen molar-refractivity contribution < 1.29 is 22.3 Å². The molecular formula is C10H13F4N3O. The molecule has 0 unspecified atom stereocenters. The van der Waals surface area contributed by atoms with Crippen LogP contribution in [-0.2, 0) is 17.9 Å². The lowest BCUT2D eigenvalue weighted by Gasteiger charge is -2.14. The van der Waals surface area contributed by atoms with Crippen LogP contribution < -0.4 is 5.32 Å². The summed E-state index contributed by atoms with van der Waals surface area (Å²) in [6.07, 6.45) is -2.29. The van der Waals surface area contributed by atoms with Gasteiger partial charge in [0.2, 0.25) is 0 Å². The van der Waals surface area contributed by atoms with Gasteiger partial charge in [-0.15, -0.1) is 0 Å². The molecule has 1 aromatic heterocycles. The molecule has 0 aliphatic rings. The second-order valence-corrected chi connectivity index (χ2v) is 3.55. The van der Waals surface area contributed by atoms with Crippen LogP contribution in [0.15, 0.2) is 12.3 Å². The van der Waals surface area contributed by atoms with Crippen LogP contribution in [0.3, 0.4) is 0 Å². The van der Waals surface area contributed by atoms with Gasteiger partial charge in [0, 0.05) is 12.7 Å². The summed E-state index contributed by atoms with van der Waals surface area (Å²) in [6, 6.07) is 1.65. The summed E-state index contributed by atoms with van der Waals surface area (Å²) in [5.41, 5.74) is 0.659. The standard InChI is InChI=1S/C10H13F4N3O/c1-15-4-7-2-3-16-8(17-7)5-18-6-10(13,14)9(11)12/h2-3,9,15H,4-6H2,1H3. The highest BCUT2D eigenvalue weighted by atomic mass is 19.3. The molecule has 1 rings (SSSR count). The predicted octanol–water partition coefficient (Wildman–Crippen LogP) is 1.61. The predicted molar refractivity (Wildman–Crippen MR) is 55.4 cm³/mol. The third-order valence-corrected chi connectivity index (χ3v) is 1.97. The first kappa shape index (κ1) is 14.8. The van der Waals surface area contributed by atoms with E-state index in [0.717, 1.165) is 0 Å². The van der Waals surface area contributed by atoms with Gasteiger partial charge in [0.25, 0.3) is 0 Å². The number of hydrogen-bond acceptors (Lipinski definition) is 4. The normalized spacial score (nSPS) is 12.1. The average Bonchev–Trinajstić information content (AvgIpc) is 2.29. The van der Waals surface area contributed by atoms with Crippen LogP contribution in [0.4, 0.5) is 17.6 Å². The Labute approximate surface area is 101 Å². The van der Waals surface area contributed by atoms with Crippen molar-refractivity contribution in [1.82, 2.24) is 15.3 Å². The number of rotatable bonds is 7. The molecule has 0 fully saturated rings. The van der Waals surface area contributed by atoms with E-state index in [9.17, 15) is 17.6 Å². The SMILES string of the molecule is CNCc1ccnc(COCC(F)(F)C(F)F)n1. The minimum Gasteiger partial charge on any atom is -0.367 e. The number of halogens is 4. The number of ether oxygens (including phenoxy) is 1. The molecule has 0 saturated heterocycles. The van der Waals surface area contributed by atoms with E-state index in [4.69, 9.17) is 0 Å². The van der Waals surface area contributed by atoms with Gasteiger partial charge >= 0.3 is 12.3 Å². The molecule has 8 heteroatoms. The summed E-state index contributed by atoms with van der Waals surface area (Å²) in [6.45, 7) is -1.20. The smallest absolute Gasteiger partial charge is 0.330 e. The summed E-state index contributed by atoms with van der Waals surface area (Å²) in [5.74, 6) is -3.98. The van der Waals surface area contributed by atoms with Crippen molar-refractivity contribution in [3.63, 3.8) is 0 Å². The maximum absolute atomic E-state index is 12.5. The quantitative estimate of drug-likeness (QED) is 0.762. The highest BCUT2D eigenvalue weighted by Crippen LogP contribution is 2.23. The van der Waals surface area contributed by atoms with Gasteiger partial charge in [0.1, 0.15) is 13.2 Å². The fraction of sp³-hybridized carbons (Fsp3) is 0.600. The van der Waals surface area contributed by atoms with Crippen molar-refractivity contribution in [3.05, 3.63) is 23.8 Å². The second-order valence-electron chi connectivity index (χ2n) is 3.55. The molecule has 1 heterocycles. The Morgan fingerprint density at radius 1 is 1.44 bits per heavy atom. The Hall–Kier alpha value is -1.28. The molecule has 0 saturated carbocycles. The Morgan fingerprint density at radius 2 is 2.17 bits per heavy atom. The molecule has 102 valence electrons. The van der Waals surface area contributed by atoms with E-state index in [1.165, 1.54) is 6.20 Å². The zero-order valence-corrected chi connectivity index (χ0v) is 9.67. The van der Waals surface area contributed by atoms with Crippen LogP contribution >= 0.6 is 0 Å². The first-order valence-electron chi connectivity index (χ1n) is 5.15. The fourth-order valence-corrected chi connectivity index (χ4v) is 1.13. The van der Waals surface area contributed by atoms with Crippen molar-refractivity contribution in [1.29, 1.82) is 0 Å². The van der Waals surface area contributed by atoms with Gasteiger partial charge in [-0.25, -0.2) is 18.7 Å². The molecule has 0 amide bonds. The molecular weight excluding hydrogens is 254 g/mol. The maximum Gasteiger partial charge on any atom is 0.330 e. The highest BCUT2D eigenvalue weighted by molar-refractivity contribution is 5.01. The number of nitrogens with one attached hydrogen (secondary N) is 1. The van der Waals surface area contributed by atoms with Crippen LogP contribution in [0.1, 0.15) is 11.5 Å². The first-order chi connectivity index (χ1) is 8.45. The van der Waals surface area contributed by atoms with Crippen molar-refractivity contribution in [2.75, 3.05) is 13.7 Å². The van der Waals surface area contributed by atoms with E-state index < -0.39 is 19.0 Å². The van der Waals surface area contributed by atoms with Crippen molar-refractivity contribution >= 4 is 0 Å². The highest BCUT2D eigenvalue weighted by Gasteiger charge is 2.40. The minimum absolute atomic E-state index is 0.174. The molecule has 0 atom stereocenters. The van der Waals surface area contributed by atoms with Crippen LogP contribution in [0.25, 0.3) is 0 Å². The van der Waals surface area contributed by atoms with Crippen LogP contribution in [-0.4, -0.2) is 36.0 Å². The lowest BCUT2D eigenvalue weighted by atomic mass is 10.4. The molecule has 4 nitrogen and oxygen atoms in total. The Morgan fingerprint density at radius 3 is 2.78 bits per heavy atom. The van der Waals surface area contributed by atoms with Crippen LogP contribution in [0.2, 0.25) is 0 Å². The summed E-state index contributed by atoms with van der Waals surface area (Å²) in [7, 11) is 1.72. The van der Waals surface area contributed by atoms with Crippen molar-refractivity contribution in [2.24, 2.45) is 0 Å². The van der Waals surface area contributed by atoms with Gasteiger partial charge in [0.15, 0.2) is 5.82 Å². The Bertz CT molecular complexity index is 376. The summed E-state index contributed by atoms with van der Waals surface area (Å²) < 4.78 is 53.2. The number of hydrogen-bond donors (Lipinski definition) is 1. The van der Waals surface area contributed by atoms with Gasteiger partial charge in [-0.3, -0.25) is 0 Å². The number of aromatic nitrogens is 2. The van der Waals surface area contributed by atoms with E-state index in [2.05, 4.69) is 20.0 Å². The molecule has 1 aromatic rings. The topological polar surface area (TPSA) is 47.0 Å². The van der Waals surface area contributed by atoms with Gasteiger partial charge in [-0.1, -0.05) is 0 Å². The molecule has 0 bridgehead atoms. The van der Waals surface area contributed by atoms with Gasteiger partial charge in [-0.05, 0) is 13.1 Å². The van der Waals surface area contributed by atoms with Crippen molar-refractivity contribution in [2.45, 2.75) is 25.5 Å². The minimum atomic E-state index is -4.15. The third-order valence-electron chi connectivity index (χ3n) is 1.97. The largest absolute Gasteiger partial charge is 0.367 e. The molecule has 0 aliphatic carbocycles. The summed E-state index contributed by atoms with van der Waals surface area (Å²) in [5, 5.41) is 2.86. The Balaban J connectivity index is 2.46. The van der Waals surface area contributed by atoms with Crippen molar-refractivity contribution in [3.8, 4) is 0 Å². The Kier molecular flexibility index (Phi) is 5.42. The monoisotopic (exact) mass is 267 g/mol. The molecule has 0 spiro atoms. The zero-order valence-electron chi connectivity index (χ0n) is 9.67. The zero-order chi connectivity index (χ0) is 13.6. The van der Waals surface area contributed by atoms with E-state index in [1.54, 1.807) is 13.1 Å². The lowest BCUT2D eigenvalue weighted by Crippen LogP contribution is -2.32. The number of alkyl halides is 4. The summed E-state index contributed by atoms with van der Waals surface area (Å²) in [4.78, 5) is 7.79. The number of nitrogens with zero attached hydrogens (tertiary/aromatic N) is 2. The van der Waals surface area contributed by atoms with E-state index in [1.807, 2.05) is 0 Å². The second kappa shape index (κ2) is 6.60.